The van der Waals surface area contributed by atoms with Crippen molar-refractivity contribution in [2.24, 2.45) is 4.99 Å². The lowest BCUT2D eigenvalue weighted by Crippen LogP contribution is -2.46. The Bertz CT molecular complexity index is 560. The summed E-state index contributed by atoms with van der Waals surface area (Å²) in [6.45, 7) is 13.4. The molecule has 0 aliphatic carbocycles. The van der Waals surface area contributed by atoms with Crippen LogP contribution in [0.15, 0.2) is 17.1 Å². The number of thiophene rings is 1. The maximum Gasteiger partial charge on any atom is 0.191 e. The molecule has 0 spiro atoms. The average Bonchev–Trinajstić information content (AvgIpc) is 3.12. The number of rotatable bonds is 10. The second-order valence-corrected chi connectivity index (χ2v) is 8.53. The molecule has 1 aliphatic heterocycles. The largest absolute Gasteiger partial charge is 0.386 e. The molecule has 1 fully saturated rings. The summed E-state index contributed by atoms with van der Waals surface area (Å²) in [6.07, 6.45) is 1.69. The molecule has 1 aromatic rings. The van der Waals surface area contributed by atoms with Crippen molar-refractivity contribution in [1.82, 2.24) is 20.4 Å². The van der Waals surface area contributed by atoms with Gasteiger partial charge < -0.3 is 25.5 Å². The lowest BCUT2D eigenvalue weighted by molar-refractivity contribution is 0.136. The minimum Gasteiger partial charge on any atom is -0.386 e. The third-order valence-electron chi connectivity index (χ3n) is 4.79. The highest BCUT2D eigenvalue weighted by atomic mass is 35.5. The molecule has 1 saturated heterocycles. The zero-order chi connectivity index (χ0) is 19.5. The van der Waals surface area contributed by atoms with E-state index in [9.17, 15) is 5.11 Å². The molecule has 0 bridgehead atoms. The number of guanidine groups is 1. The van der Waals surface area contributed by atoms with E-state index in [1.165, 1.54) is 57.0 Å². The third kappa shape index (κ3) is 8.35. The molecule has 2 rings (SSSR count). The molecule has 27 heavy (non-hydrogen) atoms. The second kappa shape index (κ2) is 12.6. The minimum absolute atomic E-state index is 0.327. The average molecular weight is 416 g/mol. The predicted molar refractivity (Wildman–Crippen MR) is 116 cm³/mol. The van der Waals surface area contributed by atoms with Gasteiger partial charge in [0, 0.05) is 44.1 Å². The van der Waals surface area contributed by atoms with E-state index >= 15 is 0 Å². The Labute approximate surface area is 172 Å². The van der Waals surface area contributed by atoms with Crippen molar-refractivity contribution in [3.05, 3.63) is 21.3 Å². The van der Waals surface area contributed by atoms with Crippen molar-refractivity contribution in [1.29, 1.82) is 0 Å². The van der Waals surface area contributed by atoms with E-state index in [4.69, 9.17) is 11.6 Å². The van der Waals surface area contributed by atoms with Crippen LogP contribution in [0.25, 0.3) is 0 Å². The normalized spacial score (nSPS) is 17.9. The minimum atomic E-state index is -0.611. The van der Waals surface area contributed by atoms with E-state index in [0.29, 0.717) is 10.9 Å². The predicted octanol–water partition coefficient (Wildman–Crippen LogP) is 2.41. The van der Waals surface area contributed by atoms with Gasteiger partial charge in [-0.2, -0.15) is 0 Å². The smallest absolute Gasteiger partial charge is 0.191 e. The van der Waals surface area contributed by atoms with E-state index < -0.39 is 6.10 Å². The van der Waals surface area contributed by atoms with Crippen LogP contribution in [0.1, 0.15) is 37.7 Å². The molecular weight excluding hydrogens is 382 g/mol. The van der Waals surface area contributed by atoms with Crippen molar-refractivity contribution >= 4 is 28.9 Å². The molecule has 1 unspecified atom stereocenters. The Morgan fingerprint density at radius 3 is 2.56 bits per heavy atom. The Balaban J connectivity index is 1.63. The molecule has 1 atom stereocenters. The highest BCUT2D eigenvalue weighted by Gasteiger charge is 2.14. The zero-order valence-corrected chi connectivity index (χ0v) is 18.2. The van der Waals surface area contributed by atoms with Crippen LogP contribution in [0, 0.1) is 0 Å². The van der Waals surface area contributed by atoms with Gasteiger partial charge in [0.15, 0.2) is 5.96 Å². The van der Waals surface area contributed by atoms with Crippen molar-refractivity contribution in [2.45, 2.75) is 32.8 Å². The molecule has 1 aliphatic rings. The molecule has 6 nitrogen and oxygen atoms in total. The molecule has 0 amide bonds. The van der Waals surface area contributed by atoms with Crippen molar-refractivity contribution in [3.63, 3.8) is 0 Å². The lowest BCUT2D eigenvalue weighted by Gasteiger charge is -2.34. The molecule has 0 aromatic carbocycles. The first-order chi connectivity index (χ1) is 13.1. The number of hydrogen-bond donors (Lipinski definition) is 3. The first-order valence-corrected chi connectivity index (χ1v) is 11.2. The fraction of sp³-hybridized carbons (Fsp3) is 0.737. The summed E-state index contributed by atoms with van der Waals surface area (Å²) in [5.41, 5.74) is 0. The van der Waals surface area contributed by atoms with Crippen molar-refractivity contribution in [3.8, 4) is 0 Å². The number of aliphatic hydroxyl groups is 1. The molecule has 0 radical (unpaired) electrons. The van der Waals surface area contributed by atoms with E-state index in [-0.39, 0.29) is 0 Å². The van der Waals surface area contributed by atoms with Gasteiger partial charge in [-0.15, -0.1) is 11.3 Å². The number of nitrogens with zero attached hydrogens (tertiary/aromatic N) is 3. The lowest BCUT2D eigenvalue weighted by atomic mass is 10.2. The Kier molecular flexibility index (Phi) is 10.4. The van der Waals surface area contributed by atoms with E-state index in [1.807, 2.05) is 13.0 Å². The van der Waals surface area contributed by atoms with Crippen LogP contribution in [0.3, 0.4) is 0 Å². The van der Waals surface area contributed by atoms with Crippen LogP contribution < -0.4 is 10.6 Å². The summed E-state index contributed by atoms with van der Waals surface area (Å²) in [5.74, 6) is 0.760. The first-order valence-electron chi connectivity index (χ1n) is 10.0. The molecule has 8 heteroatoms. The molecule has 2 heterocycles. The van der Waals surface area contributed by atoms with Gasteiger partial charge in [-0.3, -0.25) is 4.99 Å². The number of hydrogen-bond acceptors (Lipinski definition) is 5. The fourth-order valence-corrected chi connectivity index (χ4v) is 4.15. The van der Waals surface area contributed by atoms with Crippen LogP contribution in [-0.4, -0.2) is 79.8 Å². The topological polar surface area (TPSA) is 63.1 Å². The molecule has 154 valence electrons. The maximum atomic E-state index is 10.2. The number of nitrogens with one attached hydrogen (secondary N) is 2. The number of aliphatic hydroxyl groups excluding tert-OH is 1. The van der Waals surface area contributed by atoms with Crippen LogP contribution in [-0.2, 0) is 0 Å². The van der Waals surface area contributed by atoms with Crippen LogP contribution in [0.5, 0.6) is 0 Å². The monoisotopic (exact) mass is 415 g/mol. The maximum absolute atomic E-state index is 10.2. The summed E-state index contributed by atoms with van der Waals surface area (Å²) in [7, 11) is 0. The summed E-state index contributed by atoms with van der Waals surface area (Å²) in [6, 6.07) is 3.66. The Hall–Kier alpha value is -0.860. The standard InChI is InChI=1S/C19H34ClN5OS/c1-3-21-19(23-15-16(26)17-7-8-18(20)27-17)22-9-5-6-10-25-13-11-24(4-2)12-14-25/h7-8,16,26H,3-6,9-15H2,1-2H3,(H2,21,22,23). The number of unbranched alkanes of at least 4 members (excludes halogenated alkanes) is 1. The summed E-state index contributed by atoms with van der Waals surface area (Å²) < 4.78 is 0.689. The van der Waals surface area contributed by atoms with Gasteiger partial charge in [0.25, 0.3) is 0 Å². The number of aliphatic imine (C=N–C) groups is 1. The molecular formula is C19H34ClN5OS. The van der Waals surface area contributed by atoms with E-state index in [0.717, 1.165) is 30.3 Å². The van der Waals surface area contributed by atoms with E-state index in [1.54, 1.807) is 6.07 Å². The highest BCUT2D eigenvalue weighted by molar-refractivity contribution is 7.16. The highest BCUT2D eigenvalue weighted by Crippen LogP contribution is 2.26. The summed E-state index contributed by atoms with van der Waals surface area (Å²) >= 11 is 7.32. The van der Waals surface area contributed by atoms with Gasteiger partial charge in [0.05, 0.1) is 10.9 Å². The van der Waals surface area contributed by atoms with Gasteiger partial charge in [0.1, 0.15) is 6.10 Å². The Morgan fingerprint density at radius 2 is 1.93 bits per heavy atom. The summed E-state index contributed by atoms with van der Waals surface area (Å²) in [4.78, 5) is 10.4. The number of likely N-dealkylation sites (N-methyl/N-ethyl adjacent to an activating group) is 1. The van der Waals surface area contributed by atoms with Gasteiger partial charge in [-0.05, 0) is 45.0 Å². The van der Waals surface area contributed by atoms with Gasteiger partial charge in [0.2, 0.25) is 0 Å². The van der Waals surface area contributed by atoms with Crippen LogP contribution >= 0.6 is 22.9 Å². The molecule has 3 N–H and O–H groups in total. The number of halogens is 1. The molecule has 0 saturated carbocycles. The van der Waals surface area contributed by atoms with Gasteiger partial charge >= 0.3 is 0 Å². The first kappa shape index (κ1) is 22.4. The SMILES string of the molecule is CCNC(=NCC(O)c1ccc(Cl)s1)NCCCCN1CCN(CC)CC1. The van der Waals surface area contributed by atoms with Crippen molar-refractivity contribution < 1.29 is 5.11 Å². The zero-order valence-electron chi connectivity index (χ0n) is 16.6. The van der Waals surface area contributed by atoms with Gasteiger partial charge in [-0.25, -0.2) is 0 Å². The van der Waals surface area contributed by atoms with Crippen molar-refractivity contribution in [2.75, 3.05) is 58.9 Å². The molecule has 1 aromatic heterocycles. The Morgan fingerprint density at radius 1 is 1.19 bits per heavy atom. The summed E-state index contributed by atoms with van der Waals surface area (Å²) in [5, 5.41) is 16.8. The fourth-order valence-electron chi connectivity index (χ4n) is 3.11. The quantitative estimate of drug-likeness (QED) is 0.311. The van der Waals surface area contributed by atoms with E-state index in [2.05, 4.69) is 32.3 Å². The second-order valence-electron chi connectivity index (χ2n) is 6.79. The van der Waals surface area contributed by atoms with Crippen LogP contribution in [0.4, 0.5) is 0 Å². The third-order valence-corrected chi connectivity index (χ3v) is 6.13. The number of piperazine rings is 1. The van der Waals surface area contributed by atoms with Gasteiger partial charge in [-0.1, -0.05) is 18.5 Å². The van der Waals surface area contributed by atoms with Crippen LogP contribution in [0.2, 0.25) is 4.34 Å².